The molecule has 0 bridgehead atoms. The van der Waals surface area contributed by atoms with Gasteiger partial charge in [0.15, 0.2) is 11.5 Å². The number of amides is 1. The van der Waals surface area contributed by atoms with E-state index in [1.807, 2.05) is 58.1 Å². The van der Waals surface area contributed by atoms with Crippen molar-refractivity contribution >= 4 is 29.5 Å². The van der Waals surface area contributed by atoms with Gasteiger partial charge in [-0.05, 0) is 42.0 Å². The standard InChI is InChI=1S/C24H25ClN4O3/c1-31-21-8-6-18(16-22(21)32-2)7-9-23(30)27-12-14-28(15-13-27)24-26-10-11-29(24)20-5-3-4-19(25)17-20/h3-11,16-17H,12-15H2,1-2H3/b9-7-. The fourth-order valence-electron chi connectivity index (χ4n) is 3.71. The van der Waals surface area contributed by atoms with Crippen LogP contribution in [0.5, 0.6) is 11.5 Å². The molecule has 1 fully saturated rings. The molecular weight excluding hydrogens is 428 g/mol. The van der Waals surface area contributed by atoms with Gasteiger partial charge in [-0.25, -0.2) is 4.98 Å². The number of aromatic nitrogens is 2. The molecule has 0 atom stereocenters. The van der Waals surface area contributed by atoms with E-state index in [1.54, 1.807) is 32.6 Å². The van der Waals surface area contributed by atoms with E-state index in [1.165, 1.54) is 0 Å². The van der Waals surface area contributed by atoms with E-state index in [4.69, 9.17) is 21.1 Å². The fourth-order valence-corrected chi connectivity index (χ4v) is 3.90. The molecule has 0 saturated carbocycles. The highest BCUT2D eigenvalue weighted by Gasteiger charge is 2.22. The first-order valence-electron chi connectivity index (χ1n) is 10.3. The van der Waals surface area contributed by atoms with Crippen molar-refractivity contribution in [2.45, 2.75) is 0 Å². The average Bonchev–Trinajstić information content (AvgIpc) is 3.32. The summed E-state index contributed by atoms with van der Waals surface area (Å²) in [5, 5.41) is 0.679. The van der Waals surface area contributed by atoms with Crippen LogP contribution in [0.4, 0.5) is 5.95 Å². The lowest BCUT2D eigenvalue weighted by Gasteiger charge is -2.35. The van der Waals surface area contributed by atoms with Gasteiger partial charge in [0.05, 0.1) is 14.2 Å². The maximum absolute atomic E-state index is 12.7. The second kappa shape index (κ2) is 9.78. The molecule has 7 nitrogen and oxygen atoms in total. The van der Waals surface area contributed by atoms with Crippen LogP contribution in [0.15, 0.2) is 60.9 Å². The van der Waals surface area contributed by atoms with E-state index in [0.29, 0.717) is 42.7 Å². The first-order valence-corrected chi connectivity index (χ1v) is 10.7. The average molecular weight is 453 g/mol. The molecule has 166 valence electrons. The molecule has 1 amide bonds. The number of hydrogen-bond donors (Lipinski definition) is 0. The SMILES string of the molecule is COc1ccc(/C=C\C(=O)N2CCN(c3nccn3-c3cccc(Cl)c3)CC2)cc1OC. The van der Waals surface area contributed by atoms with Crippen molar-refractivity contribution in [3.63, 3.8) is 0 Å². The Hall–Kier alpha value is -3.45. The summed E-state index contributed by atoms with van der Waals surface area (Å²) < 4.78 is 12.6. The zero-order chi connectivity index (χ0) is 22.5. The number of halogens is 1. The summed E-state index contributed by atoms with van der Waals surface area (Å²) in [6.45, 7) is 2.65. The Balaban J connectivity index is 1.39. The van der Waals surface area contributed by atoms with Gasteiger partial charge in [-0.3, -0.25) is 9.36 Å². The van der Waals surface area contributed by atoms with Crippen molar-refractivity contribution in [2.24, 2.45) is 0 Å². The van der Waals surface area contributed by atoms with E-state index < -0.39 is 0 Å². The quantitative estimate of drug-likeness (QED) is 0.531. The van der Waals surface area contributed by atoms with Crippen molar-refractivity contribution in [3.8, 4) is 17.2 Å². The van der Waals surface area contributed by atoms with Gasteiger partial charge in [-0.15, -0.1) is 0 Å². The lowest BCUT2D eigenvalue weighted by Crippen LogP contribution is -2.49. The molecular formula is C24H25ClN4O3. The zero-order valence-electron chi connectivity index (χ0n) is 18.1. The van der Waals surface area contributed by atoms with Crippen molar-refractivity contribution in [2.75, 3.05) is 45.3 Å². The molecule has 2 aromatic carbocycles. The van der Waals surface area contributed by atoms with Gasteiger partial charge in [-0.2, -0.15) is 0 Å². The van der Waals surface area contributed by atoms with Gasteiger partial charge in [-0.1, -0.05) is 23.7 Å². The Morgan fingerprint density at radius 2 is 1.81 bits per heavy atom. The normalized spacial score (nSPS) is 14.1. The Kier molecular flexibility index (Phi) is 6.66. The molecule has 1 aliphatic heterocycles. The number of benzene rings is 2. The number of nitrogens with zero attached hydrogens (tertiary/aromatic N) is 4. The van der Waals surface area contributed by atoms with E-state index in [9.17, 15) is 4.79 Å². The molecule has 0 aliphatic carbocycles. The number of hydrogen-bond acceptors (Lipinski definition) is 5. The molecule has 8 heteroatoms. The third kappa shape index (κ3) is 4.73. The second-order valence-corrected chi connectivity index (χ2v) is 7.77. The summed E-state index contributed by atoms with van der Waals surface area (Å²) in [7, 11) is 3.19. The highest BCUT2D eigenvalue weighted by atomic mass is 35.5. The summed E-state index contributed by atoms with van der Waals surface area (Å²) in [5.41, 5.74) is 1.83. The lowest BCUT2D eigenvalue weighted by atomic mass is 10.2. The number of rotatable bonds is 6. The number of anilines is 1. The summed E-state index contributed by atoms with van der Waals surface area (Å²) in [6, 6.07) is 13.2. The lowest BCUT2D eigenvalue weighted by molar-refractivity contribution is -0.126. The van der Waals surface area contributed by atoms with E-state index in [2.05, 4.69) is 9.88 Å². The minimum atomic E-state index is -0.0161. The van der Waals surface area contributed by atoms with Gasteiger partial charge in [0.1, 0.15) is 0 Å². The Labute approximate surface area is 192 Å². The van der Waals surface area contributed by atoms with Crippen molar-refractivity contribution in [1.29, 1.82) is 0 Å². The molecule has 0 unspecified atom stereocenters. The monoisotopic (exact) mass is 452 g/mol. The van der Waals surface area contributed by atoms with E-state index in [0.717, 1.165) is 17.2 Å². The highest BCUT2D eigenvalue weighted by molar-refractivity contribution is 6.30. The third-order valence-electron chi connectivity index (χ3n) is 5.41. The Bertz CT molecular complexity index is 1120. The number of piperazine rings is 1. The molecule has 0 N–H and O–H groups in total. The Morgan fingerprint density at radius 3 is 2.53 bits per heavy atom. The largest absolute Gasteiger partial charge is 0.493 e. The summed E-state index contributed by atoms with van der Waals surface area (Å²) in [4.78, 5) is 21.3. The predicted molar refractivity (Wildman–Crippen MR) is 126 cm³/mol. The maximum Gasteiger partial charge on any atom is 0.246 e. The molecule has 1 aliphatic rings. The van der Waals surface area contributed by atoms with Gasteiger partial charge in [0.2, 0.25) is 11.9 Å². The van der Waals surface area contributed by atoms with Crippen molar-refractivity contribution in [3.05, 3.63) is 71.5 Å². The van der Waals surface area contributed by atoms with Crippen LogP contribution in [0.25, 0.3) is 11.8 Å². The van der Waals surface area contributed by atoms with Crippen LogP contribution >= 0.6 is 11.6 Å². The summed E-state index contributed by atoms with van der Waals surface area (Å²) in [6.07, 6.45) is 7.09. The molecule has 0 radical (unpaired) electrons. The zero-order valence-corrected chi connectivity index (χ0v) is 18.8. The number of imidazole rings is 1. The molecule has 2 heterocycles. The molecule has 4 rings (SSSR count). The third-order valence-corrected chi connectivity index (χ3v) is 5.64. The fraction of sp³-hybridized carbons (Fsp3) is 0.250. The van der Waals surface area contributed by atoms with Gasteiger partial charge in [0.25, 0.3) is 0 Å². The molecule has 1 aromatic heterocycles. The topological polar surface area (TPSA) is 59.8 Å². The van der Waals surface area contributed by atoms with Crippen LogP contribution in [0.1, 0.15) is 5.56 Å². The van der Waals surface area contributed by atoms with E-state index in [-0.39, 0.29) is 5.91 Å². The van der Waals surface area contributed by atoms with Gasteiger partial charge >= 0.3 is 0 Å². The number of ether oxygens (including phenoxy) is 2. The van der Waals surface area contributed by atoms with Crippen LogP contribution in [-0.2, 0) is 4.79 Å². The van der Waals surface area contributed by atoms with Crippen LogP contribution in [0, 0.1) is 0 Å². The summed E-state index contributed by atoms with van der Waals surface area (Å²) >= 11 is 6.15. The maximum atomic E-state index is 12.7. The first kappa shape index (κ1) is 21.8. The Morgan fingerprint density at radius 1 is 1.03 bits per heavy atom. The van der Waals surface area contributed by atoms with Crippen molar-refractivity contribution < 1.29 is 14.3 Å². The van der Waals surface area contributed by atoms with Crippen molar-refractivity contribution in [1.82, 2.24) is 14.5 Å². The minimum absolute atomic E-state index is 0.0161. The second-order valence-electron chi connectivity index (χ2n) is 7.34. The number of carbonyl (C=O) groups excluding carboxylic acids is 1. The van der Waals surface area contributed by atoms with Gasteiger partial charge in [0, 0.05) is 55.4 Å². The van der Waals surface area contributed by atoms with Crippen LogP contribution in [0.3, 0.4) is 0 Å². The molecule has 3 aromatic rings. The predicted octanol–water partition coefficient (Wildman–Crippen LogP) is 3.90. The number of carbonyl (C=O) groups is 1. The molecule has 1 saturated heterocycles. The summed E-state index contributed by atoms with van der Waals surface area (Å²) in [5.74, 6) is 2.12. The first-order chi connectivity index (χ1) is 15.6. The van der Waals surface area contributed by atoms with E-state index >= 15 is 0 Å². The minimum Gasteiger partial charge on any atom is -0.493 e. The molecule has 32 heavy (non-hydrogen) atoms. The smallest absolute Gasteiger partial charge is 0.246 e. The molecule has 0 spiro atoms. The van der Waals surface area contributed by atoms with Crippen LogP contribution in [0.2, 0.25) is 5.02 Å². The number of methoxy groups -OCH3 is 2. The van der Waals surface area contributed by atoms with Crippen LogP contribution < -0.4 is 14.4 Å². The highest BCUT2D eigenvalue weighted by Crippen LogP contribution is 2.28. The van der Waals surface area contributed by atoms with Gasteiger partial charge < -0.3 is 19.3 Å². The van der Waals surface area contributed by atoms with Crippen LogP contribution in [-0.4, -0.2) is 60.8 Å².